The van der Waals surface area contributed by atoms with Crippen LogP contribution in [0.4, 0.5) is 0 Å². The fraction of sp³-hybridized carbons (Fsp3) is 0.154. The van der Waals surface area contributed by atoms with E-state index in [4.69, 9.17) is 0 Å². The number of aryl methyl sites for hydroxylation is 1. The van der Waals surface area contributed by atoms with Gasteiger partial charge in [-0.1, -0.05) is 30.3 Å². The molecule has 4 nitrogen and oxygen atoms in total. The highest BCUT2D eigenvalue weighted by Gasteiger charge is 2.13. The summed E-state index contributed by atoms with van der Waals surface area (Å²) in [7, 11) is 1.59. The summed E-state index contributed by atoms with van der Waals surface area (Å²) in [5.74, 6) is 0.473. The zero-order valence-electron chi connectivity index (χ0n) is 9.77. The van der Waals surface area contributed by atoms with Gasteiger partial charge in [0.25, 0.3) is 5.91 Å². The number of aromatic nitrogens is 2. The maximum atomic E-state index is 11.7. The van der Waals surface area contributed by atoms with Crippen molar-refractivity contribution in [3.05, 3.63) is 47.9 Å². The monoisotopic (exact) mass is 227 g/mol. The van der Waals surface area contributed by atoms with E-state index in [2.05, 4.69) is 15.3 Å². The van der Waals surface area contributed by atoms with Gasteiger partial charge < -0.3 is 5.32 Å². The molecule has 2 rings (SSSR count). The number of carbonyl (C=O) groups excluding carboxylic acids is 1. The Balaban J connectivity index is 2.59. The van der Waals surface area contributed by atoms with Gasteiger partial charge in [0.05, 0.1) is 11.3 Å². The Kier molecular flexibility index (Phi) is 3.14. The largest absolute Gasteiger partial charge is 0.355 e. The molecule has 4 heteroatoms. The summed E-state index contributed by atoms with van der Waals surface area (Å²) in [5, 5.41) is 2.59. The van der Waals surface area contributed by atoms with Crippen molar-refractivity contribution in [3.63, 3.8) is 0 Å². The molecule has 0 saturated carbocycles. The number of carbonyl (C=O) groups is 1. The van der Waals surface area contributed by atoms with E-state index < -0.39 is 0 Å². The van der Waals surface area contributed by atoms with Crippen molar-refractivity contribution in [1.82, 2.24) is 15.3 Å². The molecular weight excluding hydrogens is 214 g/mol. The molecule has 2 aromatic rings. The normalized spacial score (nSPS) is 10.0. The average molecular weight is 227 g/mol. The predicted molar refractivity (Wildman–Crippen MR) is 65.6 cm³/mol. The van der Waals surface area contributed by atoms with Gasteiger partial charge in [0.15, 0.2) is 0 Å². The molecule has 0 bridgehead atoms. The highest BCUT2D eigenvalue weighted by atomic mass is 16.1. The van der Waals surface area contributed by atoms with Crippen LogP contribution in [0.5, 0.6) is 0 Å². The quantitative estimate of drug-likeness (QED) is 0.851. The third-order valence-corrected chi connectivity index (χ3v) is 2.43. The molecule has 1 N–H and O–H groups in total. The molecule has 1 aromatic heterocycles. The van der Waals surface area contributed by atoms with E-state index in [-0.39, 0.29) is 5.91 Å². The van der Waals surface area contributed by atoms with Crippen LogP contribution in [0, 0.1) is 6.92 Å². The molecule has 0 aliphatic heterocycles. The number of nitrogens with one attached hydrogen (secondary N) is 1. The van der Waals surface area contributed by atoms with E-state index in [0.29, 0.717) is 17.1 Å². The van der Waals surface area contributed by atoms with Gasteiger partial charge in [0.2, 0.25) is 0 Å². The van der Waals surface area contributed by atoms with Crippen LogP contribution >= 0.6 is 0 Å². The Labute approximate surface area is 99.7 Å². The van der Waals surface area contributed by atoms with Crippen LogP contribution in [-0.4, -0.2) is 22.9 Å². The molecule has 1 heterocycles. The van der Waals surface area contributed by atoms with E-state index in [1.54, 1.807) is 20.2 Å². The fourth-order valence-corrected chi connectivity index (χ4v) is 1.59. The van der Waals surface area contributed by atoms with Crippen LogP contribution in [0.1, 0.15) is 16.2 Å². The van der Waals surface area contributed by atoms with Gasteiger partial charge in [0, 0.05) is 18.8 Å². The standard InChI is InChI=1S/C13H13N3O/c1-9-15-8-11(13(17)14-2)12(16-9)10-6-4-3-5-7-10/h3-8H,1-2H3,(H,14,17). The van der Waals surface area contributed by atoms with Crippen LogP contribution in [-0.2, 0) is 0 Å². The summed E-state index contributed by atoms with van der Waals surface area (Å²) in [4.78, 5) is 20.1. The Morgan fingerprint density at radius 2 is 1.94 bits per heavy atom. The first-order valence-corrected chi connectivity index (χ1v) is 5.33. The van der Waals surface area contributed by atoms with Gasteiger partial charge in [0.1, 0.15) is 5.82 Å². The van der Waals surface area contributed by atoms with E-state index in [1.165, 1.54) is 0 Å². The molecule has 17 heavy (non-hydrogen) atoms. The van der Waals surface area contributed by atoms with Gasteiger partial charge in [-0.3, -0.25) is 4.79 Å². The van der Waals surface area contributed by atoms with Crippen LogP contribution in [0.3, 0.4) is 0 Å². The Morgan fingerprint density at radius 1 is 1.24 bits per heavy atom. The minimum Gasteiger partial charge on any atom is -0.355 e. The maximum absolute atomic E-state index is 11.7. The molecule has 0 unspecified atom stereocenters. The summed E-state index contributed by atoms with van der Waals surface area (Å²) in [5.41, 5.74) is 2.07. The molecule has 0 radical (unpaired) electrons. The number of hydrogen-bond acceptors (Lipinski definition) is 3. The van der Waals surface area contributed by atoms with E-state index >= 15 is 0 Å². The molecule has 0 aliphatic carbocycles. The maximum Gasteiger partial charge on any atom is 0.254 e. The minimum atomic E-state index is -0.177. The number of amides is 1. The number of hydrogen-bond donors (Lipinski definition) is 1. The number of benzene rings is 1. The summed E-state index contributed by atoms with van der Waals surface area (Å²) in [6.07, 6.45) is 1.56. The van der Waals surface area contributed by atoms with E-state index in [1.807, 2.05) is 30.3 Å². The van der Waals surface area contributed by atoms with Crippen LogP contribution in [0.25, 0.3) is 11.3 Å². The Bertz CT molecular complexity index is 538. The SMILES string of the molecule is CNC(=O)c1cnc(C)nc1-c1ccccc1. The minimum absolute atomic E-state index is 0.177. The lowest BCUT2D eigenvalue weighted by molar-refractivity contribution is 0.0963. The van der Waals surface area contributed by atoms with Crippen LogP contribution < -0.4 is 5.32 Å². The molecule has 1 amide bonds. The van der Waals surface area contributed by atoms with Gasteiger partial charge in [-0.25, -0.2) is 9.97 Å². The highest BCUT2D eigenvalue weighted by molar-refractivity contribution is 5.99. The summed E-state index contributed by atoms with van der Waals surface area (Å²) in [6.45, 7) is 1.81. The second-order valence-electron chi connectivity index (χ2n) is 3.62. The first-order valence-electron chi connectivity index (χ1n) is 5.33. The molecule has 0 spiro atoms. The van der Waals surface area contributed by atoms with Crippen molar-refractivity contribution in [1.29, 1.82) is 0 Å². The Hall–Kier alpha value is -2.23. The zero-order chi connectivity index (χ0) is 12.3. The van der Waals surface area contributed by atoms with Gasteiger partial charge in [-0.2, -0.15) is 0 Å². The fourth-order valence-electron chi connectivity index (χ4n) is 1.59. The van der Waals surface area contributed by atoms with Crippen molar-refractivity contribution in [3.8, 4) is 11.3 Å². The lowest BCUT2D eigenvalue weighted by Crippen LogP contribution is -2.19. The average Bonchev–Trinajstić information content (AvgIpc) is 2.39. The lowest BCUT2D eigenvalue weighted by atomic mass is 10.1. The van der Waals surface area contributed by atoms with Crippen molar-refractivity contribution >= 4 is 5.91 Å². The second-order valence-corrected chi connectivity index (χ2v) is 3.62. The van der Waals surface area contributed by atoms with Crippen molar-refractivity contribution < 1.29 is 4.79 Å². The van der Waals surface area contributed by atoms with Crippen LogP contribution in [0.2, 0.25) is 0 Å². The summed E-state index contributed by atoms with van der Waals surface area (Å²) >= 11 is 0. The van der Waals surface area contributed by atoms with E-state index in [0.717, 1.165) is 5.56 Å². The number of rotatable bonds is 2. The molecule has 0 fully saturated rings. The molecular formula is C13H13N3O. The summed E-state index contributed by atoms with van der Waals surface area (Å²) < 4.78 is 0. The molecule has 86 valence electrons. The molecule has 1 aromatic carbocycles. The lowest BCUT2D eigenvalue weighted by Gasteiger charge is -2.07. The van der Waals surface area contributed by atoms with Crippen LogP contribution in [0.15, 0.2) is 36.5 Å². The highest BCUT2D eigenvalue weighted by Crippen LogP contribution is 2.20. The number of nitrogens with zero attached hydrogens (tertiary/aromatic N) is 2. The van der Waals surface area contributed by atoms with Gasteiger partial charge >= 0.3 is 0 Å². The first-order chi connectivity index (χ1) is 8.22. The zero-order valence-corrected chi connectivity index (χ0v) is 9.77. The third kappa shape index (κ3) is 2.30. The van der Waals surface area contributed by atoms with E-state index in [9.17, 15) is 4.79 Å². The third-order valence-electron chi connectivity index (χ3n) is 2.43. The topological polar surface area (TPSA) is 54.9 Å². The predicted octanol–water partition coefficient (Wildman–Crippen LogP) is 1.81. The van der Waals surface area contributed by atoms with Gasteiger partial charge in [-0.15, -0.1) is 0 Å². The van der Waals surface area contributed by atoms with Crippen molar-refractivity contribution in [2.45, 2.75) is 6.92 Å². The van der Waals surface area contributed by atoms with Gasteiger partial charge in [-0.05, 0) is 6.92 Å². The second kappa shape index (κ2) is 4.74. The van der Waals surface area contributed by atoms with Crippen molar-refractivity contribution in [2.24, 2.45) is 0 Å². The smallest absolute Gasteiger partial charge is 0.254 e. The first kappa shape index (κ1) is 11.3. The molecule has 0 atom stereocenters. The molecule has 0 aliphatic rings. The Morgan fingerprint density at radius 3 is 2.59 bits per heavy atom. The van der Waals surface area contributed by atoms with Crippen molar-refractivity contribution in [2.75, 3.05) is 7.05 Å². The molecule has 0 saturated heterocycles. The summed E-state index contributed by atoms with van der Waals surface area (Å²) in [6, 6.07) is 9.61.